The van der Waals surface area contributed by atoms with Crippen LogP contribution in [0.5, 0.6) is 0 Å². The molecule has 1 aliphatic heterocycles. The lowest BCUT2D eigenvalue weighted by atomic mass is 10.0. The topological polar surface area (TPSA) is 52.6 Å². The van der Waals surface area contributed by atoms with Crippen LogP contribution in [0, 0.1) is 0 Å². The first kappa shape index (κ1) is 16.8. The Kier molecular flexibility index (Phi) is 5.46. The fraction of sp³-hybridized carbons (Fsp3) is 0.611. The smallest absolute Gasteiger partial charge is 0.410 e. The molecule has 1 saturated heterocycles. The minimum Gasteiger partial charge on any atom is -0.849 e. The summed E-state index contributed by atoms with van der Waals surface area (Å²) in [5, 5.41) is 12.3. The monoisotopic (exact) mass is 304 g/mol. The summed E-state index contributed by atoms with van der Waals surface area (Å²) in [4.78, 5) is 14.0. The fourth-order valence-corrected chi connectivity index (χ4v) is 2.87. The van der Waals surface area contributed by atoms with Crippen molar-refractivity contribution in [3.63, 3.8) is 0 Å². The molecule has 1 amide bonds. The molecule has 122 valence electrons. The van der Waals surface area contributed by atoms with Gasteiger partial charge in [0.2, 0.25) is 0 Å². The van der Waals surface area contributed by atoms with Gasteiger partial charge in [-0.05, 0) is 40.0 Å². The van der Waals surface area contributed by atoms with E-state index in [2.05, 4.69) is 0 Å². The SMILES string of the molecule is CC(C)(C)OC(=O)N1CCC[C@H]1CCC([O-])c1ccccc1. The van der Waals surface area contributed by atoms with Crippen LogP contribution in [0.1, 0.15) is 58.1 Å². The first-order valence-corrected chi connectivity index (χ1v) is 8.07. The minimum absolute atomic E-state index is 0.134. The van der Waals surface area contributed by atoms with Crippen LogP contribution in [0.4, 0.5) is 4.79 Å². The zero-order chi connectivity index (χ0) is 16.2. The Hall–Kier alpha value is -1.55. The van der Waals surface area contributed by atoms with Crippen molar-refractivity contribution in [3.8, 4) is 0 Å². The average molecular weight is 304 g/mol. The van der Waals surface area contributed by atoms with E-state index in [4.69, 9.17) is 4.74 Å². The number of ether oxygens (including phenoxy) is 1. The Morgan fingerprint density at radius 1 is 1.36 bits per heavy atom. The number of rotatable bonds is 4. The highest BCUT2D eigenvalue weighted by atomic mass is 16.6. The van der Waals surface area contributed by atoms with Crippen LogP contribution in [0.25, 0.3) is 0 Å². The third-order valence-corrected chi connectivity index (χ3v) is 3.94. The summed E-state index contributed by atoms with van der Waals surface area (Å²) in [6.45, 7) is 6.35. The molecule has 0 aromatic heterocycles. The first-order chi connectivity index (χ1) is 10.4. The van der Waals surface area contributed by atoms with Crippen molar-refractivity contribution in [2.24, 2.45) is 0 Å². The van der Waals surface area contributed by atoms with Crippen molar-refractivity contribution in [1.82, 2.24) is 4.90 Å². The molecule has 1 fully saturated rings. The van der Waals surface area contributed by atoms with E-state index in [1.807, 2.05) is 51.1 Å². The van der Waals surface area contributed by atoms with Gasteiger partial charge in [-0.1, -0.05) is 42.3 Å². The van der Waals surface area contributed by atoms with Crippen LogP contribution in [0.3, 0.4) is 0 Å². The lowest BCUT2D eigenvalue weighted by Gasteiger charge is -2.30. The number of hydrogen-bond acceptors (Lipinski definition) is 3. The van der Waals surface area contributed by atoms with E-state index in [1.165, 1.54) is 0 Å². The van der Waals surface area contributed by atoms with Gasteiger partial charge in [-0.3, -0.25) is 0 Å². The molecule has 0 saturated carbocycles. The van der Waals surface area contributed by atoms with Crippen molar-refractivity contribution >= 4 is 6.09 Å². The summed E-state index contributed by atoms with van der Waals surface area (Å²) in [5.74, 6) is 0. The van der Waals surface area contributed by atoms with Crippen molar-refractivity contribution in [1.29, 1.82) is 0 Å². The molecule has 0 aliphatic carbocycles. The minimum atomic E-state index is -0.720. The van der Waals surface area contributed by atoms with E-state index < -0.39 is 11.7 Å². The highest BCUT2D eigenvalue weighted by Gasteiger charge is 2.31. The summed E-state index contributed by atoms with van der Waals surface area (Å²) in [7, 11) is 0. The number of carbonyl (C=O) groups is 1. The number of carbonyl (C=O) groups excluding carboxylic acids is 1. The van der Waals surface area contributed by atoms with Gasteiger partial charge in [0, 0.05) is 12.6 Å². The molecule has 2 rings (SSSR count). The molecule has 1 unspecified atom stereocenters. The number of amides is 1. The summed E-state index contributed by atoms with van der Waals surface area (Å²) in [5.41, 5.74) is 0.347. The number of benzene rings is 1. The lowest BCUT2D eigenvalue weighted by molar-refractivity contribution is -0.428. The molecule has 1 aromatic rings. The van der Waals surface area contributed by atoms with Gasteiger partial charge >= 0.3 is 6.09 Å². The molecule has 4 heteroatoms. The molecule has 2 atom stereocenters. The molecule has 0 radical (unpaired) electrons. The predicted molar refractivity (Wildman–Crippen MR) is 84.4 cm³/mol. The quantitative estimate of drug-likeness (QED) is 0.858. The summed E-state index contributed by atoms with van der Waals surface area (Å²) in [6, 6.07) is 9.58. The number of likely N-dealkylation sites (tertiary alicyclic amines) is 1. The molecular formula is C18H26NO3-. The summed E-state index contributed by atoms with van der Waals surface area (Å²) < 4.78 is 5.45. The van der Waals surface area contributed by atoms with Gasteiger partial charge in [0.05, 0.1) is 0 Å². The maximum absolute atomic E-state index is 12.3. The standard InChI is InChI=1S/C18H26NO3/c1-18(2,3)22-17(21)19-13-7-10-15(19)11-12-16(20)14-8-5-4-6-9-14/h4-6,8-9,15-16H,7,10-13H2,1-3H3/q-1/t15-,16?/m0/s1. The summed E-state index contributed by atoms with van der Waals surface area (Å²) >= 11 is 0. The zero-order valence-electron chi connectivity index (χ0n) is 13.7. The third kappa shape index (κ3) is 4.73. The van der Waals surface area contributed by atoms with Gasteiger partial charge in [0.15, 0.2) is 0 Å². The highest BCUT2D eigenvalue weighted by molar-refractivity contribution is 5.68. The third-order valence-electron chi connectivity index (χ3n) is 3.94. The molecule has 0 bridgehead atoms. The van der Waals surface area contributed by atoms with Gasteiger partial charge < -0.3 is 14.7 Å². The van der Waals surface area contributed by atoms with Crippen LogP contribution < -0.4 is 5.11 Å². The van der Waals surface area contributed by atoms with Crippen molar-refractivity contribution < 1.29 is 14.6 Å². The molecule has 1 heterocycles. The Morgan fingerprint density at radius 2 is 2.05 bits per heavy atom. The zero-order valence-corrected chi connectivity index (χ0v) is 13.7. The first-order valence-electron chi connectivity index (χ1n) is 8.07. The Labute approximate surface area is 133 Å². The predicted octanol–water partition coefficient (Wildman–Crippen LogP) is 3.27. The highest BCUT2D eigenvalue weighted by Crippen LogP contribution is 2.26. The second-order valence-electron chi connectivity index (χ2n) is 6.95. The Balaban J connectivity index is 1.87. The second-order valence-corrected chi connectivity index (χ2v) is 6.95. The lowest BCUT2D eigenvalue weighted by Crippen LogP contribution is -2.40. The van der Waals surface area contributed by atoms with Gasteiger partial charge in [-0.25, -0.2) is 4.79 Å². The van der Waals surface area contributed by atoms with Gasteiger partial charge in [0.25, 0.3) is 0 Å². The number of hydrogen-bond donors (Lipinski definition) is 0. The van der Waals surface area contributed by atoms with Crippen molar-refractivity contribution in [2.45, 2.75) is 64.2 Å². The van der Waals surface area contributed by atoms with E-state index >= 15 is 0 Å². The molecule has 4 nitrogen and oxygen atoms in total. The maximum atomic E-state index is 12.3. The Bertz CT molecular complexity index is 481. The van der Waals surface area contributed by atoms with E-state index in [-0.39, 0.29) is 12.1 Å². The molecular weight excluding hydrogens is 278 g/mol. The normalized spacial score (nSPS) is 20.0. The molecule has 22 heavy (non-hydrogen) atoms. The maximum Gasteiger partial charge on any atom is 0.410 e. The van der Waals surface area contributed by atoms with E-state index in [0.717, 1.165) is 31.4 Å². The van der Waals surface area contributed by atoms with Crippen LogP contribution in [0.15, 0.2) is 30.3 Å². The van der Waals surface area contributed by atoms with E-state index in [9.17, 15) is 9.90 Å². The van der Waals surface area contributed by atoms with Gasteiger partial charge in [0.1, 0.15) is 5.60 Å². The van der Waals surface area contributed by atoms with Crippen LogP contribution >= 0.6 is 0 Å². The molecule has 1 aliphatic rings. The largest absolute Gasteiger partial charge is 0.849 e. The Morgan fingerprint density at radius 3 is 2.68 bits per heavy atom. The molecule has 0 N–H and O–H groups in total. The van der Waals surface area contributed by atoms with E-state index in [1.54, 1.807) is 4.90 Å². The van der Waals surface area contributed by atoms with Gasteiger partial charge in [-0.15, -0.1) is 6.10 Å². The van der Waals surface area contributed by atoms with Crippen molar-refractivity contribution in [3.05, 3.63) is 35.9 Å². The van der Waals surface area contributed by atoms with Crippen LogP contribution in [0.2, 0.25) is 0 Å². The fourth-order valence-electron chi connectivity index (χ4n) is 2.87. The number of nitrogens with zero attached hydrogens (tertiary/aromatic N) is 1. The van der Waals surface area contributed by atoms with Crippen molar-refractivity contribution in [2.75, 3.05) is 6.54 Å². The summed E-state index contributed by atoms with van der Waals surface area (Å²) in [6.07, 6.45) is 2.26. The second kappa shape index (κ2) is 7.14. The molecule has 1 aromatic carbocycles. The average Bonchev–Trinajstić information content (AvgIpc) is 2.92. The van der Waals surface area contributed by atoms with Crippen LogP contribution in [-0.4, -0.2) is 29.2 Å². The van der Waals surface area contributed by atoms with Crippen LogP contribution in [-0.2, 0) is 4.74 Å². The van der Waals surface area contributed by atoms with E-state index in [0.29, 0.717) is 6.42 Å². The van der Waals surface area contributed by atoms with Gasteiger partial charge in [-0.2, -0.15) is 0 Å². The molecule has 0 spiro atoms.